The maximum absolute atomic E-state index is 13.9. The first-order valence-electron chi connectivity index (χ1n) is 13.7. The van der Waals surface area contributed by atoms with E-state index in [1.807, 2.05) is 48.2 Å². The highest BCUT2D eigenvalue weighted by Gasteiger charge is 2.56. The fraction of sp³-hybridized carbons (Fsp3) is 0.567. The van der Waals surface area contributed by atoms with Crippen molar-refractivity contribution in [3.8, 4) is 5.75 Å². The van der Waals surface area contributed by atoms with E-state index in [1.54, 1.807) is 12.4 Å². The Bertz CT molecular complexity index is 1060. The molecule has 5 fully saturated rings. The van der Waals surface area contributed by atoms with Gasteiger partial charge >= 0.3 is 0 Å². The summed E-state index contributed by atoms with van der Waals surface area (Å²) in [6.07, 6.45) is 12.3. The third kappa shape index (κ3) is 4.51. The Morgan fingerprint density at radius 2 is 1.78 bits per heavy atom. The minimum absolute atomic E-state index is 0.0185. The molecule has 0 radical (unpaired) electrons. The first-order valence-corrected chi connectivity index (χ1v) is 13.7. The van der Waals surface area contributed by atoms with Gasteiger partial charge in [-0.1, -0.05) is 18.2 Å². The Morgan fingerprint density at radius 1 is 1.08 bits per heavy atom. The van der Waals surface area contributed by atoms with Gasteiger partial charge in [-0.25, -0.2) is 0 Å². The normalized spacial score (nSPS) is 31.3. The number of nitrogens with one attached hydrogen (secondary N) is 1. The van der Waals surface area contributed by atoms with Crippen molar-refractivity contribution in [1.29, 1.82) is 0 Å². The van der Waals surface area contributed by atoms with E-state index >= 15 is 0 Å². The highest BCUT2D eigenvalue weighted by molar-refractivity contribution is 5.91. The van der Waals surface area contributed by atoms with Gasteiger partial charge in [0.15, 0.2) is 0 Å². The number of amides is 2. The quantitative estimate of drug-likeness (QED) is 0.594. The molecule has 5 aliphatic rings. The molecule has 1 N–H and O–H groups in total. The second-order valence-corrected chi connectivity index (χ2v) is 11.8. The zero-order chi connectivity index (χ0) is 24.7. The van der Waals surface area contributed by atoms with Gasteiger partial charge in [0.1, 0.15) is 18.4 Å². The lowest BCUT2D eigenvalue weighted by atomic mass is 9.49. The number of pyridine rings is 1. The van der Waals surface area contributed by atoms with Crippen LogP contribution in [0.2, 0.25) is 0 Å². The summed E-state index contributed by atoms with van der Waals surface area (Å²) in [7, 11) is 0. The molecule has 2 heterocycles. The van der Waals surface area contributed by atoms with Gasteiger partial charge in [0, 0.05) is 24.5 Å². The van der Waals surface area contributed by atoms with E-state index in [1.165, 1.54) is 19.3 Å². The van der Waals surface area contributed by atoms with E-state index in [9.17, 15) is 9.59 Å². The van der Waals surface area contributed by atoms with Crippen LogP contribution in [-0.2, 0) is 16.2 Å². The molecular formula is C30H37N3O3. The first kappa shape index (κ1) is 23.5. The Kier molecular flexibility index (Phi) is 6.22. The summed E-state index contributed by atoms with van der Waals surface area (Å²) in [5.74, 6) is 3.23. The molecule has 2 atom stereocenters. The number of nitrogens with zero attached hydrogens (tertiary/aromatic N) is 2. The molecular weight excluding hydrogens is 450 g/mol. The largest absolute Gasteiger partial charge is 0.489 e. The van der Waals surface area contributed by atoms with Crippen LogP contribution in [0.1, 0.15) is 75.5 Å². The highest BCUT2D eigenvalue weighted by atomic mass is 16.5. The number of hydrogen-bond donors (Lipinski definition) is 1. The maximum Gasteiger partial charge on any atom is 0.243 e. The van der Waals surface area contributed by atoms with Gasteiger partial charge in [-0.3, -0.25) is 14.6 Å². The van der Waals surface area contributed by atoms with E-state index < -0.39 is 0 Å². The van der Waals surface area contributed by atoms with Gasteiger partial charge < -0.3 is 15.0 Å². The molecule has 36 heavy (non-hydrogen) atoms. The van der Waals surface area contributed by atoms with Crippen molar-refractivity contribution >= 4 is 11.8 Å². The molecule has 6 nitrogen and oxygen atoms in total. The average molecular weight is 488 g/mol. The van der Waals surface area contributed by atoms with Crippen molar-refractivity contribution in [1.82, 2.24) is 15.2 Å². The van der Waals surface area contributed by atoms with E-state index in [2.05, 4.69) is 10.3 Å². The Balaban J connectivity index is 1.07. The number of hydrogen-bond acceptors (Lipinski definition) is 4. The van der Waals surface area contributed by atoms with Crippen LogP contribution < -0.4 is 10.1 Å². The molecule has 190 valence electrons. The van der Waals surface area contributed by atoms with E-state index in [0.29, 0.717) is 6.61 Å². The van der Waals surface area contributed by atoms with Gasteiger partial charge in [0.05, 0.1) is 11.5 Å². The van der Waals surface area contributed by atoms with Crippen molar-refractivity contribution < 1.29 is 14.3 Å². The van der Waals surface area contributed by atoms with Crippen LogP contribution in [0.3, 0.4) is 0 Å². The molecule has 2 aromatic rings. The van der Waals surface area contributed by atoms with E-state index in [4.69, 9.17) is 4.74 Å². The summed E-state index contributed by atoms with van der Waals surface area (Å²) in [6.45, 7) is 3.19. The predicted molar refractivity (Wildman–Crippen MR) is 137 cm³/mol. The minimum atomic E-state index is -0.338. The van der Waals surface area contributed by atoms with Crippen LogP contribution in [0.15, 0.2) is 48.8 Å². The molecule has 1 aromatic heterocycles. The van der Waals surface area contributed by atoms with Crippen LogP contribution in [0, 0.1) is 23.2 Å². The van der Waals surface area contributed by atoms with Gasteiger partial charge in [-0.05, 0) is 99.8 Å². The summed E-state index contributed by atoms with van der Waals surface area (Å²) in [5, 5.41) is 3.19. The second-order valence-electron chi connectivity index (χ2n) is 11.8. The minimum Gasteiger partial charge on any atom is -0.489 e. The Hall–Kier alpha value is -2.89. The molecule has 6 heteroatoms. The number of ether oxygens (including phenoxy) is 1. The number of rotatable bonds is 7. The standard InChI is InChI=1S/C30H37N3O3/c1-20(25-6-8-26(9-7-25)36-19-21-4-2-10-31-18-21)32-28(34)27-5-3-11-33(27)29(35)30-15-22-12-23(16-30)14-24(13-22)17-30/h2,4,6-10,18,20,22-24,27H,3,5,11-17,19H2,1H3,(H,32,34). The van der Waals surface area contributed by atoms with Crippen molar-refractivity contribution in [3.63, 3.8) is 0 Å². The highest BCUT2D eigenvalue weighted by Crippen LogP contribution is 2.60. The summed E-state index contributed by atoms with van der Waals surface area (Å²) in [4.78, 5) is 33.3. The zero-order valence-corrected chi connectivity index (χ0v) is 21.2. The molecule has 7 rings (SSSR count). The summed E-state index contributed by atoms with van der Waals surface area (Å²) in [6, 6.07) is 11.3. The number of aromatic nitrogens is 1. The van der Waals surface area contributed by atoms with Gasteiger partial charge in [-0.2, -0.15) is 0 Å². The fourth-order valence-corrected chi connectivity index (χ4v) is 7.86. The number of carbonyl (C=O) groups excluding carboxylic acids is 2. The van der Waals surface area contributed by atoms with Gasteiger partial charge in [0.2, 0.25) is 11.8 Å². The SMILES string of the molecule is CC(NC(=O)C1CCCN1C(=O)C12CC3CC(CC(C3)C1)C2)c1ccc(OCc2cccnc2)cc1. The van der Waals surface area contributed by atoms with E-state index in [0.717, 1.165) is 73.3 Å². The maximum atomic E-state index is 13.9. The predicted octanol–water partition coefficient (Wildman–Crippen LogP) is 5.05. The molecule has 2 amide bonds. The molecule has 4 aliphatic carbocycles. The lowest BCUT2D eigenvalue weighted by Crippen LogP contribution is -2.57. The number of benzene rings is 1. The smallest absolute Gasteiger partial charge is 0.243 e. The first-order chi connectivity index (χ1) is 17.5. The second kappa shape index (κ2) is 9.53. The molecule has 4 saturated carbocycles. The molecule has 1 aliphatic heterocycles. The molecule has 1 saturated heterocycles. The number of carbonyl (C=O) groups is 2. The van der Waals surface area contributed by atoms with Crippen LogP contribution in [0.25, 0.3) is 0 Å². The summed E-state index contributed by atoms with van der Waals surface area (Å²) in [5.41, 5.74) is 1.86. The molecule has 4 bridgehead atoms. The third-order valence-electron chi connectivity index (χ3n) is 9.18. The average Bonchev–Trinajstić information content (AvgIpc) is 3.37. The van der Waals surface area contributed by atoms with Gasteiger partial charge in [-0.15, -0.1) is 0 Å². The van der Waals surface area contributed by atoms with Gasteiger partial charge in [0.25, 0.3) is 0 Å². The Labute approximate surface area is 213 Å². The van der Waals surface area contributed by atoms with Crippen molar-refractivity contribution in [2.45, 2.75) is 77.0 Å². The molecule has 2 unspecified atom stereocenters. The Morgan fingerprint density at radius 3 is 2.42 bits per heavy atom. The monoisotopic (exact) mass is 487 g/mol. The van der Waals surface area contributed by atoms with Crippen LogP contribution in [0.5, 0.6) is 5.75 Å². The fourth-order valence-electron chi connectivity index (χ4n) is 7.86. The lowest BCUT2D eigenvalue weighted by molar-refractivity contribution is -0.160. The summed E-state index contributed by atoms with van der Waals surface area (Å²) >= 11 is 0. The van der Waals surface area contributed by atoms with E-state index in [-0.39, 0.29) is 29.3 Å². The van der Waals surface area contributed by atoms with Crippen LogP contribution in [-0.4, -0.2) is 34.3 Å². The van der Waals surface area contributed by atoms with Crippen LogP contribution in [0.4, 0.5) is 0 Å². The van der Waals surface area contributed by atoms with Crippen molar-refractivity contribution in [3.05, 3.63) is 59.9 Å². The molecule has 0 spiro atoms. The third-order valence-corrected chi connectivity index (χ3v) is 9.18. The molecule has 1 aromatic carbocycles. The van der Waals surface area contributed by atoms with Crippen molar-refractivity contribution in [2.75, 3.05) is 6.54 Å². The topological polar surface area (TPSA) is 71.5 Å². The lowest BCUT2D eigenvalue weighted by Gasteiger charge is -2.56. The number of likely N-dealkylation sites (tertiary alicyclic amines) is 1. The zero-order valence-electron chi connectivity index (χ0n) is 21.2. The summed E-state index contributed by atoms with van der Waals surface area (Å²) < 4.78 is 5.86. The van der Waals surface area contributed by atoms with Crippen LogP contribution >= 0.6 is 0 Å². The van der Waals surface area contributed by atoms with Crippen molar-refractivity contribution in [2.24, 2.45) is 23.2 Å².